The fourth-order valence-electron chi connectivity index (χ4n) is 0.999. The van der Waals surface area contributed by atoms with E-state index in [0.717, 1.165) is 8.26 Å². The minimum Gasteiger partial charge on any atom is -0.130 e. The van der Waals surface area contributed by atoms with Crippen LogP contribution in [-0.4, -0.2) is 10.2 Å². The third-order valence-corrected chi connectivity index (χ3v) is 4.26. The number of aryl methyl sites for hydroxylation is 1. The molecule has 0 aliphatic rings. The zero-order valence-corrected chi connectivity index (χ0v) is 10.6. The van der Waals surface area contributed by atoms with Gasteiger partial charge in [-0.1, -0.05) is 41.3 Å². The molecule has 0 saturated carbocycles. The molecule has 0 radical (unpaired) electrons. The molecule has 0 aliphatic carbocycles. The summed E-state index contributed by atoms with van der Waals surface area (Å²) in [7, 11) is 0. The van der Waals surface area contributed by atoms with Crippen molar-refractivity contribution in [3.63, 3.8) is 0 Å². The first kappa shape index (κ1) is 10.1. The quantitative estimate of drug-likeness (QED) is 0.841. The van der Waals surface area contributed by atoms with Gasteiger partial charge in [-0.05, 0) is 34.5 Å². The van der Waals surface area contributed by atoms with Crippen LogP contribution in [0.3, 0.4) is 0 Å². The lowest BCUT2D eigenvalue weighted by Crippen LogP contribution is -1.77. The monoisotopic (exact) mass is 286 g/mol. The Morgan fingerprint density at radius 1 is 1.29 bits per heavy atom. The fraction of sp³-hybridized carbons (Fsp3) is 0.111. The van der Waals surface area contributed by atoms with E-state index in [1.54, 1.807) is 23.1 Å². The highest BCUT2D eigenvalue weighted by Crippen LogP contribution is 2.33. The molecular formula is C9H7BrN2S2. The molecule has 0 fully saturated rings. The van der Waals surface area contributed by atoms with Gasteiger partial charge in [0.15, 0.2) is 8.26 Å². The van der Waals surface area contributed by atoms with E-state index in [1.807, 2.05) is 12.1 Å². The summed E-state index contributed by atoms with van der Waals surface area (Å²) in [6, 6.07) is 8.26. The smallest absolute Gasteiger partial charge is 0.130 e. The van der Waals surface area contributed by atoms with Gasteiger partial charge in [0.1, 0.15) is 0 Å². The van der Waals surface area contributed by atoms with Gasteiger partial charge in [0, 0.05) is 4.90 Å². The molecular weight excluding hydrogens is 280 g/mol. The fourth-order valence-corrected chi connectivity index (χ4v) is 3.49. The van der Waals surface area contributed by atoms with Crippen LogP contribution in [-0.2, 0) is 0 Å². The third-order valence-electron chi connectivity index (χ3n) is 1.67. The topological polar surface area (TPSA) is 25.8 Å². The van der Waals surface area contributed by atoms with Gasteiger partial charge in [-0.3, -0.25) is 0 Å². The van der Waals surface area contributed by atoms with Gasteiger partial charge in [0.05, 0.1) is 0 Å². The first-order valence-corrected chi connectivity index (χ1v) is 6.41. The molecule has 2 nitrogen and oxygen atoms in total. The zero-order chi connectivity index (χ0) is 9.97. The summed E-state index contributed by atoms with van der Waals surface area (Å²) in [5.41, 5.74) is 1.27. The van der Waals surface area contributed by atoms with E-state index >= 15 is 0 Å². The molecule has 5 heteroatoms. The summed E-state index contributed by atoms with van der Waals surface area (Å²) in [6.07, 6.45) is 0. The van der Waals surface area contributed by atoms with Crippen molar-refractivity contribution in [2.75, 3.05) is 0 Å². The average Bonchev–Trinajstić information content (AvgIpc) is 2.56. The second-order valence-corrected chi connectivity index (χ2v) is 6.23. The summed E-state index contributed by atoms with van der Waals surface area (Å²) in [5.74, 6) is 0. The van der Waals surface area contributed by atoms with Crippen molar-refractivity contribution >= 4 is 39.0 Å². The Bertz CT molecular complexity index is 442. The lowest BCUT2D eigenvalue weighted by atomic mass is 10.2. The van der Waals surface area contributed by atoms with Crippen molar-refractivity contribution in [3.05, 3.63) is 33.7 Å². The molecule has 1 heterocycles. The number of hydrogen-bond acceptors (Lipinski definition) is 4. The standard InChI is InChI=1S/C9H7BrN2S2/c1-6-4-2-3-5-7(6)13-9-12-11-8(10)14-9/h2-5H,1H3. The number of halogens is 1. The molecule has 0 saturated heterocycles. The molecule has 0 N–H and O–H groups in total. The van der Waals surface area contributed by atoms with Crippen LogP contribution in [0.1, 0.15) is 5.56 Å². The van der Waals surface area contributed by atoms with Gasteiger partial charge < -0.3 is 0 Å². The van der Waals surface area contributed by atoms with E-state index in [2.05, 4.69) is 45.2 Å². The zero-order valence-electron chi connectivity index (χ0n) is 7.40. The third kappa shape index (κ3) is 2.34. The van der Waals surface area contributed by atoms with Crippen LogP contribution >= 0.6 is 39.0 Å². The molecule has 1 aromatic heterocycles. The normalized spacial score (nSPS) is 10.4. The van der Waals surface area contributed by atoms with E-state index in [-0.39, 0.29) is 0 Å². The first-order chi connectivity index (χ1) is 6.75. The summed E-state index contributed by atoms with van der Waals surface area (Å²) in [5, 5.41) is 7.94. The molecule has 72 valence electrons. The molecule has 0 amide bonds. The molecule has 0 bridgehead atoms. The Kier molecular flexibility index (Phi) is 3.20. The molecule has 2 rings (SSSR count). The van der Waals surface area contributed by atoms with Crippen LogP contribution in [0.5, 0.6) is 0 Å². The van der Waals surface area contributed by atoms with Crippen molar-refractivity contribution in [2.45, 2.75) is 16.2 Å². The van der Waals surface area contributed by atoms with Gasteiger partial charge in [-0.2, -0.15) is 0 Å². The number of rotatable bonds is 2. The summed E-state index contributed by atoms with van der Waals surface area (Å²) >= 11 is 6.49. The van der Waals surface area contributed by atoms with Crippen LogP contribution in [0.15, 0.2) is 37.4 Å². The first-order valence-electron chi connectivity index (χ1n) is 3.98. The molecule has 0 atom stereocenters. The molecule has 0 unspecified atom stereocenters. The van der Waals surface area contributed by atoms with E-state index in [9.17, 15) is 0 Å². The second kappa shape index (κ2) is 4.42. The predicted octanol–water partition coefficient (Wildman–Crippen LogP) is 3.76. The van der Waals surface area contributed by atoms with E-state index in [1.165, 1.54) is 10.5 Å². The maximum Gasteiger partial charge on any atom is 0.184 e. The number of nitrogens with zero attached hydrogens (tertiary/aromatic N) is 2. The van der Waals surface area contributed by atoms with Crippen molar-refractivity contribution in [3.8, 4) is 0 Å². The van der Waals surface area contributed by atoms with Crippen LogP contribution in [0.25, 0.3) is 0 Å². The summed E-state index contributed by atoms with van der Waals surface area (Å²) in [6.45, 7) is 2.10. The lowest BCUT2D eigenvalue weighted by Gasteiger charge is -2.00. The van der Waals surface area contributed by atoms with Crippen molar-refractivity contribution in [2.24, 2.45) is 0 Å². The average molecular weight is 287 g/mol. The van der Waals surface area contributed by atoms with Crippen molar-refractivity contribution < 1.29 is 0 Å². The van der Waals surface area contributed by atoms with Gasteiger partial charge in [-0.15, -0.1) is 10.2 Å². The predicted molar refractivity (Wildman–Crippen MR) is 62.9 cm³/mol. The SMILES string of the molecule is Cc1ccccc1Sc1nnc(Br)s1. The second-order valence-electron chi connectivity index (χ2n) is 2.69. The summed E-state index contributed by atoms with van der Waals surface area (Å²) < 4.78 is 1.79. The van der Waals surface area contributed by atoms with Gasteiger partial charge in [-0.25, -0.2) is 0 Å². The van der Waals surface area contributed by atoms with E-state index < -0.39 is 0 Å². The minimum atomic E-state index is 0.827. The molecule has 0 aliphatic heterocycles. The maximum absolute atomic E-state index is 4.04. The molecule has 1 aromatic carbocycles. The van der Waals surface area contributed by atoms with Crippen LogP contribution in [0.2, 0.25) is 0 Å². The van der Waals surface area contributed by atoms with Crippen LogP contribution in [0.4, 0.5) is 0 Å². The lowest BCUT2D eigenvalue weighted by molar-refractivity contribution is 0.996. The number of aromatic nitrogens is 2. The molecule has 14 heavy (non-hydrogen) atoms. The van der Waals surface area contributed by atoms with Gasteiger partial charge >= 0.3 is 0 Å². The van der Waals surface area contributed by atoms with E-state index in [0.29, 0.717) is 0 Å². The molecule has 2 aromatic rings. The maximum atomic E-state index is 4.04. The van der Waals surface area contributed by atoms with Gasteiger partial charge in [0.25, 0.3) is 0 Å². The Balaban J connectivity index is 2.23. The highest BCUT2D eigenvalue weighted by atomic mass is 79.9. The molecule has 0 spiro atoms. The Hall–Kier alpha value is -0.390. The highest BCUT2D eigenvalue weighted by molar-refractivity contribution is 9.11. The van der Waals surface area contributed by atoms with Crippen LogP contribution in [0, 0.1) is 6.92 Å². The van der Waals surface area contributed by atoms with Crippen molar-refractivity contribution in [1.82, 2.24) is 10.2 Å². The Morgan fingerprint density at radius 3 is 2.71 bits per heavy atom. The summed E-state index contributed by atoms with van der Waals surface area (Å²) in [4.78, 5) is 1.23. The van der Waals surface area contributed by atoms with E-state index in [4.69, 9.17) is 0 Å². The Morgan fingerprint density at radius 2 is 2.07 bits per heavy atom. The highest BCUT2D eigenvalue weighted by Gasteiger charge is 2.05. The largest absolute Gasteiger partial charge is 0.184 e. The Labute approximate surface area is 98.9 Å². The van der Waals surface area contributed by atoms with Gasteiger partial charge in [0.2, 0.25) is 0 Å². The number of benzene rings is 1. The van der Waals surface area contributed by atoms with Crippen molar-refractivity contribution in [1.29, 1.82) is 0 Å². The van der Waals surface area contributed by atoms with Crippen LogP contribution < -0.4 is 0 Å². The minimum absolute atomic E-state index is 0.827. The number of hydrogen-bond donors (Lipinski definition) is 0.